The van der Waals surface area contributed by atoms with Gasteiger partial charge in [-0.05, 0) is 60.5 Å². The molecule has 0 bridgehead atoms. The highest BCUT2D eigenvalue weighted by Crippen LogP contribution is 2.24. The summed E-state index contributed by atoms with van der Waals surface area (Å²) >= 11 is 2.13. The number of piperidine rings is 1. The molecule has 0 saturated carbocycles. The third-order valence-electron chi connectivity index (χ3n) is 3.14. The summed E-state index contributed by atoms with van der Waals surface area (Å²) in [6.45, 7) is 3.09. The van der Waals surface area contributed by atoms with Gasteiger partial charge in [-0.2, -0.15) is 0 Å². The Balaban J connectivity index is 1.94. The molecular weight excluding hydrogens is 345 g/mol. The lowest BCUT2D eigenvalue weighted by atomic mass is 10.00. The van der Waals surface area contributed by atoms with E-state index in [0.29, 0.717) is 5.92 Å². The van der Waals surface area contributed by atoms with Gasteiger partial charge in [0.1, 0.15) is 0 Å². The largest absolute Gasteiger partial charge is 0.384 e. The molecule has 0 aromatic heterocycles. The number of rotatable bonds is 4. The SMILES string of the molecule is O=[N+]([O-])c1ccc(NCC2CCCNC2)c(I)c1. The van der Waals surface area contributed by atoms with Gasteiger partial charge in [-0.3, -0.25) is 10.1 Å². The predicted octanol–water partition coefficient (Wildman–Crippen LogP) is 2.61. The number of halogens is 1. The topological polar surface area (TPSA) is 67.2 Å². The number of non-ortho nitro benzene ring substituents is 1. The van der Waals surface area contributed by atoms with E-state index in [9.17, 15) is 10.1 Å². The molecular formula is C12H16IN3O2. The van der Waals surface area contributed by atoms with Crippen LogP contribution in [0.5, 0.6) is 0 Å². The normalized spacial score (nSPS) is 19.5. The molecule has 0 radical (unpaired) electrons. The Morgan fingerprint density at radius 3 is 3.00 bits per heavy atom. The zero-order valence-electron chi connectivity index (χ0n) is 9.99. The van der Waals surface area contributed by atoms with E-state index in [-0.39, 0.29) is 10.6 Å². The summed E-state index contributed by atoms with van der Waals surface area (Å²) in [7, 11) is 0. The summed E-state index contributed by atoms with van der Waals surface area (Å²) in [6.07, 6.45) is 2.47. The monoisotopic (exact) mass is 361 g/mol. The number of nitrogens with zero attached hydrogens (tertiary/aromatic N) is 1. The third kappa shape index (κ3) is 3.55. The first-order valence-corrected chi connectivity index (χ1v) is 7.13. The first-order chi connectivity index (χ1) is 8.66. The zero-order chi connectivity index (χ0) is 13.0. The number of anilines is 1. The Labute approximate surface area is 120 Å². The molecule has 1 aromatic rings. The molecule has 1 fully saturated rings. The summed E-state index contributed by atoms with van der Waals surface area (Å²) in [5.41, 5.74) is 1.12. The molecule has 98 valence electrons. The molecule has 0 aliphatic carbocycles. The van der Waals surface area contributed by atoms with E-state index in [4.69, 9.17) is 0 Å². The van der Waals surface area contributed by atoms with Crippen LogP contribution in [-0.2, 0) is 0 Å². The highest BCUT2D eigenvalue weighted by atomic mass is 127. The van der Waals surface area contributed by atoms with Gasteiger partial charge in [0, 0.05) is 27.9 Å². The van der Waals surface area contributed by atoms with Gasteiger partial charge in [0.05, 0.1) is 4.92 Å². The van der Waals surface area contributed by atoms with Crippen molar-refractivity contribution in [2.24, 2.45) is 5.92 Å². The zero-order valence-corrected chi connectivity index (χ0v) is 12.1. The molecule has 0 spiro atoms. The van der Waals surface area contributed by atoms with Crippen molar-refractivity contribution in [2.45, 2.75) is 12.8 Å². The first-order valence-electron chi connectivity index (χ1n) is 6.05. The molecule has 1 heterocycles. The Bertz CT molecular complexity index is 433. The molecule has 2 N–H and O–H groups in total. The van der Waals surface area contributed by atoms with Gasteiger partial charge >= 0.3 is 0 Å². The first kappa shape index (κ1) is 13.5. The van der Waals surface area contributed by atoms with Crippen LogP contribution >= 0.6 is 22.6 Å². The van der Waals surface area contributed by atoms with Crippen molar-refractivity contribution in [3.8, 4) is 0 Å². The lowest BCUT2D eigenvalue weighted by Gasteiger charge is -2.23. The van der Waals surface area contributed by atoms with E-state index >= 15 is 0 Å². The van der Waals surface area contributed by atoms with Gasteiger partial charge in [0.15, 0.2) is 0 Å². The van der Waals surface area contributed by atoms with Gasteiger partial charge in [-0.1, -0.05) is 0 Å². The molecule has 2 rings (SSSR count). The van der Waals surface area contributed by atoms with Crippen molar-refractivity contribution >= 4 is 34.0 Å². The van der Waals surface area contributed by atoms with E-state index < -0.39 is 0 Å². The fraction of sp³-hybridized carbons (Fsp3) is 0.500. The maximum absolute atomic E-state index is 10.6. The van der Waals surface area contributed by atoms with E-state index in [1.807, 2.05) is 0 Å². The summed E-state index contributed by atoms with van der Waals surface area (Å²) in [5, 5.41) is 17.4. The van der Waals surface area contributed by atoms with Crippen LogP contribution in [0, 0.1) is 19.6 Å². The van der Waals surface area contributed by atoms with Crippen LogP contribution in [0.2, 0.25) is 0 Å². The Hall–Kier alpha value is -0.890. The average molecular weight is 361 g/mol. The number of nitrogens with one attached hydrogen (secondary N) is 2. The maximum Gasteiger partial charge on any atom is 0.270 e. The molecule has 6 heteroatoms. The minimum atomic E-state index is -0.364. The van der Waals surface area contributed by atoms with Crippen LogP contribution in [0.15, 0.2) is 18.2 Å². The second-order valence-electron chi connectivity index (χ2n) is 4.51. The summed E-state index contributed by atoms with van der Waals surface area (Å²) in [6, 6.07) is 4.93. The lowest BCUT2D eigenvalue weighted by Crippen LogP contribution is -2.33. The van der Waals surface area contributed by atoms with Crippen molar-refractivity contribution in [2.75, 3.05) is 25.0 Å². The molecule has 0 amide bonds. The van der Waals surface area contributed by atoms with E-state index in [0.717, 1.165) is 28.9 Å². The molecule has 5 nitrogen and oxygen atoms in total. The van der Waals surface area contributed by atoms with Gasteiger partial charge in [0.2, 0.25) is 0 Å². The van der Waals surface area contributed by atoms with E-state index in [2.05, 4.69) is 33.2 Å². The van der Waals surface area contributed by atoms with E-state index in [1.54, 1.807) is 18.2 Å². The van der Waals surface area contributed by atoms with Crippen molar-refractivity contribution in [1.82, 2.24) is 5.32 Å². The standard InChI is InChI=1S/C12H16IN3O2/c13-11-6-10(16(17)18)3-4-12(11)15-8-9-2-1-5-14-7-9/h3-4,6,9,14-15H,1-2,5,7-8H2. The van der Waals surface area contributed by atoms with Crippen LogP contribution in [0.1, 0.15) is 12.8 Å². The molecule has 18 heavy (non-hydrogen) atoms. The minimum Gasteiger partial charge on any atom is -0.384 e. The predicted molar refractivity (Wildman–Crippen MR) is 79.9 cm³/mol. The van der Waals surface area contributed by atoms with Crippen molar-refractivity contribution in [1.29, 1.82) is 0 Å². The highest BCUT2D eigenvalue weighted by Gasteiger charge is 2.14. The quantitative estimate of drug-likeness (QED) is 0.492. The van der Waals surface area contributed by atoms with Crippen LogP contribution < -0.4 is 10.6 Å². The smallest absolute Gasteiger partial charge is 0.270 e. The fourth-order valence-corrected chi connectivity index (χ4v) is 2.80. The molecule has 1 saturated heterocycles. The lowest BCUT2D eigenvalue weighted by molar-refractivity contribution is -0.384. The van der Waals surface area contributed by atoms with Crippen molar-refractivity contribution < 1.29 is 4.92 Å². The summed E-state index contributed by atoms with van der Waals surface area (Å²) < 4.78 is 0.894. The van der Waals surface area contributed by atoms with Crippen LogP contribution in [0.3, 0.4) is 0 Å². The third-order valence-corrected chi connectivity index (χ3v) is 4.04. The number of nitro groups is 1. The van der Waals surface area contributed by atoms with Crippen LogP contribution in [0.4, 0.5) is 11.4 Å². The number of hydrogen-bond donors (Lipinski definition) is 2. The second-order valence-corrected chi connectivity index (χ2v) is 5.68. The molecule has 1 atom stereocenters. The molecule has 1 unspecified atom stereocenters. The van der Waals surface area contributed by atoms with Gasteiger partial charge in [-0.15, -0.1) is 0 Å². The van der Waals surface area contributed by atoms with Crippen LogP contribution in [-0.4, -0.2) is 24.6 Å². The van der Waals surface area contributed by atoms with E-state index in [1.165, 1.54) is 12.8 Å². The Morgan fingerprint density at radius 1 is 1.56 bits per heavy atom. The Kier molecular flexibility index (Phi) is 4.76. The maximum atomic E-state index is 10.6. The Morgan fingerprint density at radius 2 is 2.39 bits per heavy atom. The van der Waals surface area contributed by atoms with Crippen molar-refractivity contribution in [3.05, 3.63) is 31.9 Å². The van der Waals surface area contributed by atoms with Gasteiger partial charge < -0.3 is 10.6 Å². The number of nitro benzene ring substituents is 1. The number of benzene rings is 1. The summed E-state index contributed by atoms with van der Waals surface area (Å²) in [4.78, 5) is 10.3. The fourth-order valence-electron chi connectivity index (χ4n) is 2.11. The average Bonchev–Trinajstić information content (AvgIpc) is 2.38. The number of hydrogen-bond acceptors (Lipinski definition) is 4. The van der Waals surface area contributed by atoms with Crippen molar-refractivity contribution in [3.63, 3.8) is 0 Å². The summed E-state index contributed by atoms with van der Waals surface area (Å²) in [5.74, 6) is 0.643. The van der Waals surface area contributed by atoms with Gasteiger partial charge in [-0.25, -0.2) is 0 Å². The molecule has 1 aliphatic rings. The van der Waals surface area contributed by atoms with Crippen LogP contribution in [0.25, 0.3) is 0 Å². The molecule has 1 aliphatic heterocycles. The minimum absolute atomic E-state index is 0.143. The highest BCUT2D eigenvalue weighted by molar-refractivity contribution is 14.1. The molecule has 1 aromatic carbocycles. The second kappa shape index (κ2) is 6.33. The van der Waals surface area contributed by atoms with Gasteiger partial charge in [0.25, 0.3) is 5.69 Å².